The first kappa shape index (κ1) is 28.0. The van der Waals surface area contributed by atoms with E-state index in [-0.39, 0.29) is 5.92 Å². The van der Waals surface area contributed by atoms with Crippen molar-refractivity contribution < 1.29 is 9.15 Å². The number of furan rings is 1. The second kappa shape index (κ2) is 10.4. The largest absolute Gasteiger partial charge is 0.460 e. The molecule has 244 valence electrons. The van der Waals surface area contributed by atoms with Crippen molar-refractivity contribution in [2.75, 3.05) is 0 Å². The fourth-order valence-electron chi connectivity index (χ4n) is 9.02. The molecule has 0 saturated carbocycles. The smallest absolute Gasteiger partial charge is 0.135 e. The van der Waals surface area contributed by atoms with Crippen LogP contribution in [0.25, 0.3) is 88.9 Å². The molecule has 1 aliphatic carbocycles. The van der Waals surface area contributed by atoms with Gasteiger partial charge in [0.2, 0.25) is 0 Å². The molecular weight excluding hydrogens is 637 g/mol. The monoisotopic (exact) mass is 666 g/mol. The molecule has 0 bridgehead atoms. The Bertz CT molecular complexity index is 3140. The molecule has 10 aromatic rings. The molecule has 4 heterocycles. The molecule has 0 saturated heterocycles. The van der Waals surface area contributed by atoms with Gasteiger partial charge in [0.1, 0.15) is 22.5 Å². The second-order valence-corrected chi connectivity index (χ2v) is 14.0. The van der Waals surface area contributed by atoms with Crippen LogP contribution in [0, 0.1) is 0 Å². The quantitative estimate of drug-likeness (QED) is 0.188. The number of ether oxygens (including phenoxy) is 1. The maximum atomic E-state index is 7.00. The summed E-state index contributed by atoms with van der Waals surface area (Å²) < 4.78 is 18.4. The SMILES string of the molecule is C1=c2oc3ccc(-n4c5ccccc5c5ccccc54)cc3c2=C2Oc3cc(-c4ccccc4)c(-n4c5ccccc5c5ccccc54)cc3C2C1. The molecule has 0 spiro atoms. The fraction of sp³-hybridized carbons (Fsp3) is 0.0417. The number of hydrogen-bond acceptors (Lipinski definition) is 2. The Morgan fingerprint density at radius 2 is 1.10 bits per heavy atom. The minimum absolute atomic E-state index is 0.0804. The van der Waals surface area contributed by atoms with Crippen LogP contribution < -0.4 is 15.4 Å². The van der Waals surface area contributed by atoms with Crippen LogP contribution in [-0.2, 0) is 0 Å². The lowest BCUT2D eigenvalue weighted by molar-refractivity contribution is 0.501. The number of benzene rings is 7. The Hall–Kier alpha value is -6.78. The number of fused-ring (bicyclic) bond motifs is 12. The minimum Gasteiger partial charge on any atom is -0.460 e. The lowest BCUT2D eigenvalue weighted by Gasteiger charge is -2.17. The zero-order chi connectivity index (χ0) is 33.9. The fourth-order valence-corrected chi connectivity index (χ4v) is 9.02. The summed E-state index contributed by atoms with van der Waals surface area (Å²) >= 11 is 0. The zero-order valence-corrected chi connectivity index (χ0v) is 28.1. The highest BCUT2D eigenvalue weighted by molar-refractivity contribution is 6.10. The summed E-state index contributed by atoms with van der Waals surface area (Å²) in [5, 5.41) is 7.13. The summed E-state index contributed by atoms with van der Waals surface area (Å²) in [5.74, 6) is 1.97. The highest BCUT2D eigenvalue weighted by Gasteiger charge is 2.35. The van der Waals surface area contributed by atoms with E-state index in [1.165, 1.54) is 49.2 Å². The lowest BCUT2D eigenvalue weighted by atomic mass is 9.89. The number of aromatic nitrogens is 2. The number of nitrogens with zero attached hydrogens (tertiary/aromatic N) is 2. The molecule has 4 heteroatoms. The molecular formula is C48H30N2O2. The maximum absolute atomic E-state index is 7.00. The van der Waals surface area contributed by atoms with Crippen molar-refractivity contribution in [1.82, 2.24) is 9.13 Å². The van der Waals surface area contributed by atoms with Gasteiger partial charge in [-0.2, -0.15) is 0 Å². The Balaban J connectivity index is 1.10. The first-order valence-electron chi connectivity index (χ1n) is 18.0. The standard InChI is InChI=1S/C48H30N2O2/c1-2-12-29(13-3-1)36-28-46-37(27-43(36)50-41-20-10-6-16-33(41)34-17-7-11-21-42(34)50)35-23-25-45-47(48(35)52-46)38-26-30(22-24-44(38)51-45)49-39-18-8-4-14-31(39)32-15-5-9-19-40(32)49/h1-22,24-28,35H,23H2. The summed E-state index contributed by atoms with van der Waals surface area (Å²) in [6, 6.07) is 56.7. The average molecular weight is 667 g/mol. The van der Waals surface area contributed by atoms with Crippen LogP contribution in [0.2, 0.25) is 0 Å². The maximum Gasteiger partial charge on any atom is 0.135 e. The molecule has 0 radical (unpaired) electrons. The third kappa shape index (κ3) is 3.76. The van der Waals surface area contributed by atoms with E-state index in [1.807, 2.05) is 0 Å². The first-order chi connectivity index (χ1) is 25.8. The third-order valence-electron chi connectivity index (χ3n) is 11.3. The lowest BCUT2D eigenvalue weighted by Crippen LogP contribution is -2.29. The predicted molar refractivity (Wildman–Crippen MR) is 212 cm³/mol. The van der Waals surface area contributed by atoms with Crippen LogP contribution in [0.4, 0.5) is 0 Å². The van der Waals surface area contributed by atoms with Gasteiger partial charge in [0.15, 0.2) is 0 Å². The van der Waals surface area contributed by atoms with Gasteiger partial charge < -0.3 is 18.3 Å². The molecule has 12 rings (SSSR count). The van der Waals surface area contributed by atoms with E-state index in [0.717, 1.165) is 62.0 Å². The molecule has 7 aromatic carbocycles. The van der Waals surface area contributed by atoms with Crippen molar-refractivity contribution in [1.29, 1.82) is 0 Å². The molecule has 52 heavy (non-hydrogen) atoms. The molecule has 1 unspecified atom stereocenters. The molecule has 1 aliphatic heterocycles. The van der Waals surface area contributed by atoms with Crippen molar-refractivity contribution >= 4 is 66.4 Å². The average Bonchev–Trinajstić information content (AvgIpc) is 3.95. The van der Waals surface area contributed by atoms with Gasteiger partial charge in [-0.05, 0) is 72.7 Å². The summed E-state index contributed by atoms with van der Waals surface area (Å²) in [4.78, 5) is 0. The van der Waals surface area contributed by atoms with Crippen molar-refractivity contribution in [3.8, 4) is 28.3 Å². The Labute approximate surface area is 298 Å². The summed E-state index contributed by atoms with van der Waals surface area (Å²) in [7, 11) is 0. The Morgan fingerprint density at radius 1 is 0.519 bits per heavy atom. The summed E-state index contributed by atoms with van der Waals surface area (Å²) in [5.41, 5.74) is 12.3. The van der Waals surface area contributed by atoms with Gasteiger partial charge in [-0.3, -0.25) is 0 Å². The van der Waals surface area contributed by atoms with Crippen LogP contribution in [0.15, 0.2) is 162 Å². The van der Waals surface area contributed by atoms with E-state index < -0.39 is 0 Å². The molecule has 0 amide bonds. The first-order valence-corrected chi connectivity index (χ1v) is 18.0. The van der Waals surface area contributed by atoms with Gasteiger partial charge in [0.05, 0.1) is 38.9 Å². The van der Waals surface area contributed by atoms with Crippen LogP contribution >= 0.6 is 0 Å². The highest BCUT2D eigenvalue weighted by Crippen LogP contribution is 2.49. The van der Waals surface area contributed by atoms with Crippen LogP contribution in [-0.4, -0.2) is 9.13 Å². The van der Waals surface area contributed by atoms with Crippen molar-refractivity contribution in [2.24, 2.45) is 0 Å². The van der Waals surface area contributed by atoms with E-state index in [4.69, 9.17) is 9.15 Å². The molecule has 2 aliphatic rings. The zero-order valence-electron chi connectivity index (χ0n) is 28.1. The van der Waals surface area contributed by atoms with Gasteiger partial charge in [0, 0.05) is 43.7 Å². The van der Waals surface area contributed by atoms with Crippen molar-refractivity contribution in [2.45, 2.75) is 12.3 Å². The van der Waals surface area contributed by atoms with Crippen molar-refractivity contribution in [3.63, 3.8) is 0 Å². The molecule has 1 atom stereocenters. The summed E-state index contributed by atoms with van der Waals surface area (Å²) in [6.45, 7) is 0. The third-order valence-corrected chi connectivity index (χ3v) is 11.3. The molecule has 3 aromatic heterocycles. The van der Waals surface area contributed by atoms with Gasteiger partial charge in [-0.25, -0.2) is 0 Å². The molecule has 0 N–H and O–H groups in total. The number of para-hydroxylation sites is 4. The Kier molecular flexibility index (Phi) is 5.58. The van der Waals surface area contributed by atoms with Crippen LogP contribution in [0.1, 0.15) is 17.9 Å². The van der Waals surface area contributed by atoms with E-state index in [2.05, 4.69) is 173 Å². The highest BCUT2D eigenvalue weighted by atomic mass is 16.5. The number of rotatable bonds is 3. The van der Waals surface area contributed by atoms with E-state index >= 15 is 0 Å². The topological polar surface area (TPSA) is 32.2 Å². The van der Waals surface area contributed by atoms with E-state index in [1.54, 1.807) is 0 Å². The van der Waals surface area contributed by atoms with Gasteiger partial charge >= 0.3 is 0 Å². The van der Waals surface area contributed by atoms with Crippen LogP contribution in [0.3, 0.4) is 0 Å². The Morgan fingerprint density at radius 3 is 1.73 bits per heavy atom. The van der Waals surface area contributed by atoms with E-state index in [9.17, 15) is 0 Å². The predicted octanol–water partition coefficient (Wildman–Crippen LogP) is 10.8. The molecule has 0 fully saturated rings. The van der Waals surface area contributed by atoms with Gasteiger partial charge in [-0.15, -0.1) is 0 Å². The van der Waals surface area contributed by atoms with Crippen LogP contribution in [0.5, 0.6) is 5.75 Å². The number of hydrogen-bond donors (Lipinski definition) is 0. The van der Waals surface area contributed by atoms with E-state index in [0.29, 0.717) is 0 Å². The summed E-state index contributed by atoms with van der Waals surface area (Å²) in [6.07, 6.45) is 3.07. The normalized spacial score (nSPS) is 14.9. The van der Waals surface area contributed by atoms with Crippen molar-refractivity contribution in [3.05, 3.63) is 174 Å². The minimum atomic E-state index is 0.0804. The second-order valence-electron chi connectivity index (χ2n) is 14.0. The molecule has 4 nitrogen and oxygen atoms in total. The van der Waals surface area contributed by atoms with Gasteiger partial charge in [-0.1, -0.05) is 103 Å². The van der Waals surface area contributed by atoms with Gasteiger partial charge in [0.25, 0.3) is 0 Å².